The van der Waals surface area contributed by atoms with Crippen LogP contribution in [0, 0.1) is 5.41 Å². The van der Waals surface area contributed by atoms with Gasteiger partial charge in [0.2, 0.25) is 0 Å². The number of carbonyl (C=O) groups excluding carboxylic acids is 1. The SMILES string of the molecule is CC(C)Oc1cc(OCc2ccccc2)cc2ncn(COC(=O)C(C)(C)C)c(=O)c12. The number of hydrogen-bond acceptors (Lipinski definition) is 6. The third-order valence-electron chi connectivity index (χ3n) is 4.42. The van der Waals surface area contributed by atoms with Gasteiger partial charge in [-0.15, -0.1) is 0 Å². The zero-order valence-electron chi connectivity index (χ0n) is 18.5. The molecule has 31 heavy (non-hydrogen) atoms. The van der Waals surface area contributed by atoms with Crippen LogP contribution in [0.1, 0.15) is 40.2 Å². The maximum atomic E-state index is 13.1. The van der Waals surface area contributed by atoms with Gasteiger partial charge in [0.15, 0.2) is 6.73 Å². The fraction of sp³-hybridized carbons (Fsp3) is 0.375. The van der Waals surface area contributed by atoms with E-state index < -0.39 is 11.4 Å². The lowest BCUT2D eigenvalue weighted by Crippen LogP contribution is -2.28. The molecule has 0 aliphatic heterocycles. The van der Waals surface area contributed by atoms with Crippen molar-refractivity contribution in [1.29, 1.82) is 0 Å². The van der Waals surface area contributed by atoms with Crippen molar-refractivity contribution in [2.24, 2.45) is 5.41 Å². The number of esters is 1. The Morgan fingerprint density at radius 2 is 1.84 bits per heavy atom. The van der Waals surface area contributed by atoms with Crippen molar-refractivity contribution in [1.82, 2.24) is 9.55 Å². The lowest BCUT2D eigenvalue weighted by atomic mass is 9.98. The third kappa shape index (κ3) is 5.63. The molecule has 0 saturated carbocycles. The number of fused-ring (bicyclic) bond motifs is 1. The van der Waals surface area contributed by atoms with Crippen molar-refractivity contribution in [2.45, 2.75) is 54.1 Å². The lowest BCUT2D eigenvalue weighted by Gasteiger charge is -2.18. The van der Waals surface area contributed by atoms with Crippen LogP contribution in [-0.2, 0) is 22.9 Å². The Bertz CT molecular complexity index is 1110. The molecule has 0 aliphatic carbocycles. The van der Waals surface area contributed by atoms with Crippen molar-refractivity contribution >= 4 is 16.9 Å². The molecule has 7 nitrogen and oxygen atoms in total. The van der Waals surface area contributed by atoms with Gasteiger partial charge in [-0.25, -0.2) is 4.98 Å². The molecule has 0 saturated heterocycles. The summed E-state index contributed by atoms with van der Waals surface area (Å²) in [6.45, 7) is 9.18. The highest BCUT2D eigenvalue weighted by atomic mass is 16.5. The van der Waals surface area contributed by atoms with E-state index in [2.05, 4.69) is 4.98 Å². The zero-order valence-corrected chi connectivity index (χ0v) is 18.5. The molecule has 0 spiro atoms. The van der Waals surface area contributed by atoms with E-state index in [1.807, 2.05) is 44.2 Å². The first-order chi connectivity index (χ1) is 14.6. The molecule has 0 radical (unpaired) electrons. The molecule has 0 atom stereocenters. The molecule has 2 aromatic carbocycles. The van der Waals surface area contributed by atoms with Crippen molar-refractivity contribution in [2.75, 3.05) is 0 Å². The van der Waals surface area contributed by atoms with E-state index >= 15 is 0 Å². The Morgan fingerprint density at radius 1 is 1.13 bits per heavy atom. The van der Waals surface area contributed by atoms with E-state index in [9.17, 15) is 9.59 Å². The molecule has 0 amide bonds. The second-order valence-electron chi connectivity index (χ2n) is 8.59. The minimum Gasteiger partial charge on any atom is -0.490 e. The fourth-order valence-corrected chi connectivity index (χ4v) is 2.83. The summed E-state index contributed by atoms with van der Waals surface area (Å²) in [6.07, 6.45) is 1.21. The first-order valence-corrected chi connectivity index (χ1v) is 10.2. The quantitative estimate of drug-likeness (QED) is 0.526. The molecule has 0 bridgehead atoms. The van der Waals surface area contributed by atoms with E-state index in [4.69, 9.17) is 14.2 Å². The summed E-state index contributed by atoms with van der Waals surface area (Å²) in [6, 6.07) is 13.2. The average molecular weight is 424 g/mol. The topological polar surface area (TPSA) is 79.7 Å². The number of rotatable bonds is 7. The number of ether oxygens (including phenoxy) is 3. The molecule has 0 N–H and O–H groups in total. The minimum atomic E-state index is -0.662. The van der Waals surface area contributed by atoms with Gasteiger partial charge in [-0.05, 0) is 40.2 Å². The highest BCUT2D eigenvalue weighted by Crippen LogP contribution is 2.29. The van der Waals surface area contributed by atoms with Gasteiger partial charge in [0.25, 0.3) is 5.56 Å². The molecule has 3 aromatic rings. The van der Waals surface area contributed by atoms with Crippen LogP contribution in [0.2, 0.25) is 0 Å². The minimum absolute atomic E-state index is 0.153. The van der Waals surface area contributed by atoms with E-state index in [0.717, 1.165) is 5.56 Å². The predicted molar refractivity (Wildman–Crippen MR) is 118 cm³/mol. The summed E-state index contributed by atoms with van der Waals surface area (Å²) in [5.74, 6) is 0.531. The van der Waals surface area contributed by atoms with Gasteiger partial charge in [-0.2, -0.15) is 0 Å². The van der Waals surface area contributed by atoms with E-state index in [-0.39, 0.29) is 18.4 Å². The maximum Gasteiger partial charge on any atom is 0.312 e. The number of nitrogens with zero attached hydrogens (tertiary/aromatic N) is 2. The molecule has 0 fully saturated rings. The molecule has 164 valence electrons. The van der Waals surface area contributed by atoms with Gasteiger partial charge in [0.1, 0.15) is 29.8 Å². The molecule has 1 heterocycles. The molecule has 0 unspecified atom stereocenters. The Labute approximate surface area is 181 Å². The number of carbonyl (C=O) groups is 1. The smallest absolute Gasteiger partial charge is 0.312 e. The first kappa shape index (κ1) is 22.3. The van der Waals surface area contributed by atoms with Crippen molar-refractivity contribution in [3.63, 3.8) is 0 Å². The fourth-order valence-electron chi connectivity index (χ4n) is 2.83. The van der Waals surface area contributed by atoms with Crippen LogP contribution in [-0.4, -0.2) is 21.6 Å². The summed E-state index contributed by atoms with van der Waals surface area (Å²) in [5, 5.41) is 0.315. The van der Waals surface area contributed by atoms with E-state index in [0.29, 0.717) is 29.0 Å². The summed E-state index contributed by atoms with van der Waals surface area (Å²) in [7, 11) is 0. The van der Waals surface area contributed by atoms with Crippen LogP contribution in [0.5, 0.6) is 11.5 Å². The molecule has 1 aromatic heterocycles. The lowest BCUT2D eigenvalue weighted by molar-refractivity contribution is -0.157. The predicted octanol–water partition coefficient (Wildman–Crippen LogP) is 4.31. The van der Waals surface area contributed by atoms with E-state index in [1.54, 1.807) is 32.9 Å². The van der Waals surface area contributed by atoms with Crippen LogP contribution in [0.4, 0.5) is 0 Å². The Balaban J connectivity index is 1.93. The summed E-state index contributed by atoms with van der Waals surface area (Å²) in [4.78, 5) is 29.5. The van der Waals surface area contributed by atoms with Crippen LogP contribution in [0.3, 0.4) is 0 Å². The maximum absolute atomic E-state index is 13.1. The molecule has 7 heteroatoms. The molecular weight excluding hydrogens is 396 g/mol. The van der Waals surface area contributed by atoms with Gasteiger partial charge in [-0.3, -0.25) is 14.2 Å². The standard InChI is InChI=1S/C24H28N2O5/c1-16(2)31-20-12-18(29-13-17-9-7-6-8-10-17)11-19-21(20)22(27)26(14-25-19)15-30-23(28)24(3,4)5/h6-12,14,16H,13,15H2,1-5H3. The van der Waals surface area contributed by atoms with Crippen LogP contribution < -0.4 is 15.0 Å². The molecule has 3 rings (SSSR count). The van der Waals surface area contributed by atoms with Crippen molar-refractivity contribution in [3.05, 3.63) is 64.7 Å². The molecular formula is C24H28N2O5. The van der Waals surface area contributed by atoms with Gasteiger partial charge >= 0.3 is 5.97 Å². The second kappa shape index (κ2) is 9.20. The largest absolute Gasteiger partial charge is 0.490 e. The summed E-state index contributed by atoms with van der Waals surface area (Å²) in [5.41, 5.74) is 0.463. The Hall–Kier alpha value is -3.35. The van der Waals surface area contributed by atoms with Crippen molar-refractivity contribution in [3.8, 4) is 11.5 Å². The van der Waals surface area contributed by atoms with Gasteiger partial charge < -0.3 is 14.2 Å². The van der Waals surface area contributed by atoms with Gasteiger partial charge in [0.05, 0.1) is 17.0 Å². The first-order valence-electron chi connectivity index (χ1n) is 10.2. The van der Waals surface area contributed by atoms with Gasteiger partial charge in [-0.1, -0.05) is 30.3 Å². The van der Waals surface area contributed by atoms with Gasteiger partial charge in [0, 0.05) is 12.1 Å². The number of benzene rings is 2. The van der Waals surface area contributed by atoms with Crippen molar-refractivity contribution < 1.29 is 19.0 Å². The monoisotopic (exact) mass is 424 g/mol. The number of aromatic nitrogens is 2. The third-order valence-corrected chi connectivity index (χ3v) is 4.42. The average Bonchev–Trinajstić information content (AvgIpc) is 2.71. The van der Waals surface area contributed by atoms with Crippen LogP contribution in [0.15, 0.2) is 53.6 Å². The summed E-state index contributed by atoms with van der Waals surface area (Å²) >= 11 is 0. The normalized spacial score (nSPS) is 11.5. The highest BCUT2D eigenvalue weighted by molar-refractivity contribution is 5.85. The highest BCUT2D eigenvalue weighted by Gasteiger charge is 2.23. The number of hydrogen-bond donors (Lipinski definition) is 0. The summed E-state index contributed by atoms with van der Waals surface area (Å²) < 4.78 is 18.3. The Kier molecular flexibility index (Phi) is 6.63. The zero-order chi connectivity index (χ0) is 22.6. The second-order valence-corrected chi connectivity index (χ2v) is 8.59. The Morgan fingerprint density at radius 3 is 2.48 bits per heavy atom. The van der Waals surface area contributed by atoms with Crippen LogP contribution >= 0.6 is 0 Å². The van der Waals surface area contributed by atoms with Crippen LogP contribution in [0.25, 0.3) is 10.9 Å². The molecule has 0 aliphatic rings. The van der Waals surface area contributed by atoms with E-state index in [1.165, 1.54) is 10.9 Å².